The van der Waals surface area contributed by atoms with Crippen molar-refractivity contribution in [2.24, 2.45) is 5.92 Å². The normalized spacial score (nSPS) is 14.0. The minimum absolute atomic E-state index is 0.0373. The van der Waals surface area contributed by atoms with E-state index in [9.17, 15) is 23.1 Å². The number of carbonyl (C=O) groups excluding carboxylic acids is 2. The van der Waals surface area contributed by atoms with E-state index in [1.165, 1.54) is 39.9 Å². The molecule has 2 aromatic carbocycles. The van der Waals surface area contributed by atoms with Crippen LogP contribution in [0.3, 0.4) is 0 Å². The second-order valence-corrected chi connectivity index (χ2v) is 14.7. The van der Waals surface area contributed by atoms with E-state index in [1.54, 1.807) is 27.7 Å². The molecule has 2 amide bonds. The van der Waals surface area contributed by atoms with Crippen LogP contribution >= 0.6 is 11.3 Å². The van der Waals surface area contributed by atoms with Gasteiger partial charge in [-0.05, 0) is 56.0 Å². The second-order valence-electron chi connectivity index (χ2n) is 11.9. The van der Waals surface area contributed by atoms with Crippen molar-refractivity contribution in [1.82, 2.24) is 19.9 Å². The first-order valence-corrected chi connectivity index (χ1v) is 17.3. The Kier molecular flexibility index (Phi) is 12.9. The molecule has 5 N–H and O–H groups in total. The number of carbonyl (C=O) groups is 2. The highest BCUT2D eigenvalue weighted by Crippen LogP contribution is 2.22. The Labute approximate surface area is 270 Å². The number of anilines is 1. The van der Waals surface area contributed by atoms with Gasteiger partial charge in [0.2, 0.25) is 15.9 Å². The number of nitrogens with two attached hydrogens (primary N) is 1. The summed E-state index contributed by atoms with van der Waals surface area (Å²) in [7, 11) is -4.00. The predicted octanol–water partition coefficient (Wildman–Crippen LogP) is 4.29. The molecule has 0 saturated carbocycles. The lowest BCUT2D eigenvalue weighted by Gasteiger charge is -2.33. The van der Waals surface area contributed by atoms with Crippen LogP contribution in [-0.4, -0.2) is 65.6 Å². The van der Waals surface area contributed by atoms with Gasteiger partial charge in [0, 0.05) is 29.6 Å². The Balaban J connectivity index is 1.77. The standard InChI is InChI=1S/C32H45N5O6S2/c1-20(2)29(36-32(40)43-18-25-19-44-31(34-25)21(3)4)30(39)35-27(16-23-10-8-7-9-11-23)28(38)17-37(22(5)6)45(41,42)26-14-12-24(33)13-15-26/h7-15,19-22,27-29,38H,16-18,33H2,1-6H3,(H,35,39)(H,36,40)/t27-,28+,29-/m0/s1. The van der Waals surface area contributed by atoms with Crippen LogP contribution in [0, 0.1) is 5.92 Å². The molecule has 0 aliphatic rings. The van der Waals surface area contributed by atoms with E-state index in [0.29, 0.717) is 11.4 Å². The zero-order valence-corrected chi connectivity index (χ0v) is 28.3. The Bertz CT molecular complexity index is 1490. The molecule has 0 aliphatic heterocycles. The van der Waals surface area contributed by atoms with Crippen molar-refractivity contribution in [2.45, 2.75) is 89.6 Å². The second kappa shape index (κ2) is 16.2. The lowest BCUT2D eigenvalue weighted by Crippen LogP contribution is -2.57. The van der Waals surface area contributed by atoms with Crippen molar-refractivity contribution in [3.63, 3.8) is 0 Å². The number of nitrogens with one attached hydrogen (secondary N) is 2. The van der Waals surface area contributed by atoms with Crippen LogP contribution in [0.15, 0.2) is 64.9 Å². The third kappa shape index (κ3) is 10.2. The Morgan fingerprint density at radius 2 is 1.64 bits per heavy atom. The highest BCUT2D eigenvalue weighted by molar-refractivity contribution is 7.89. The number of aliphatic hydroxyl groups is 1. The SMILES string of the molecule is CC(C)c1nc(COC(=O)N[C@H](C(=O)N[C@@H](Cc2ccccc2)[C@H](O)CN(C(C)C)S(=O)(=O)c2ccc(N)cc2)C(C)C)cs1. The lowest BCUT2D eigenvalue weighted by molar-refractivity contribution is -0.125. The molecule has 3 aromatic rings. The summed E-state index contributed by atoms with van der Waals surface area (Å²) in [6, 6.07) is 12.7. The highest BCUT2D eigenvalue weighted by atomic mass is 32.2. The van der Waals surface area contributed by atoms with Crippen molar-refractivity contribution in [2.75, 3.05) is 12.3 Å². The number of ether oxygens (including phenoxy) is 1. The van der Waals surface area contributed by atoms with E-state index in [0.717, 1.165) is 10.6 Å². The van der Waals surface area contributed by atoms with E-state index in [1.807, 2.05) is 49.6 Å². The maximum atomic E-state index is 13.6. The summed E-state index contributed by atoms with van der Waals surface area (Å²) in [6.07, 6.45) is -1.85. The minimum atomic E-state index is -4.00. The number of amides is 2. The fourth-order valence-corrected chi connectivity index (χ4v) is 7.07. The van der Waals surface area contributed by atoms with Crippen LogP contribution in [0.5, 0.6) is 0 Å². The largest absolute Gasteiger partial charge is 0.443 e. The number of thiazole rings is 1. The number of alkyl carbamates (subject to hydrolysis) is 1. The quantitative estimate of drug-likeness (QED) is 0.176. The number of hydrogen-bond donors (Lipinski definition) is 4. The van der Waals surface area contributed by atoms with Crippen molar-refractivity contribution in [1.29, 1.82) is 0 Å². The van der Waals surface area contributed by atoms with Gasteiger partial charge in [-0.1, -0.05) is 58.0 Å². The van der Waals surface area contributed by atoms with Crippen LogP contribution in [0.25, 0.3) is 0 Å². The summed E-state index contributed by atoms with van der Waals surface area (Å²) in [6.45, 7) is 10.7. The molecule has 246 valence electrons. The van der Waals surface area contributed by atoms with Crippen LogP contribution in [0.2, 0.25) is 0 Å². The van der Waals surface area contributed by atoms with Crippen LogP contribution in [-0.2, 0) is 32.6 Å². The van der Waals surface area contributed by atoms with E-state index < -0.39 is 46.3 Å². The molecular weight excluding hydrogens is 615 g/mol. The molecule has 11 nitrogen and oxygen atoms in total. The van der Waals surface area contributed by atoms with Crippen molar-refractivity contribution in [3.05, 3.63) is 76.2 Å². The number of aromatic nitrogens is 1. The number of benzene rings is 2. The average molecular weight is 660 g/mol. The van der Waals surface area contributed by atoms with Crippen LogP contribution in [0.1, 0.15) is 63.7 Å². The number of hydrogen-bond acceptors (Lipinski definition) is 9. The maximum Gasteiger partial charge on any atom is 0.408 e. The van der Waals surface area contributed by atoms with E-state index in [2.05, 4.69) is 15.6 Å². The smallest absolute Gasteiger partial charge is 0.408 e. The van der Waals surface area contributed by atoms with Crippen molar-refractivity contribution < 1.29 is 27.9 Å². The molecule has 1 heterocycles. The first-order chi connectivity index (χ1) is 21.2. The Morgan fingerprint density at radius 3 is 2.20 bits per heavy atom. The van der Waals surface area contributed by atoms with Crippen molar-refractivity contribution in [3.8, 4) is 0 Å². The van der Waals surface area contributed by atoms with E-state index >= 15 is 0 Å². The molecule has 0 bridgehead atoms. The molecule has 0 saturated heterocycles. The fourth-order valence-electron chi connectivity index (χ4n) is 4.59. The minimum Gasteiger partial charge on any atom is -0.443 e. The molecule has 3 rings (SSSR count). The van der Waals surface area contributed by atoms with Gasteiger partial charge in [0.1, 0.15) is 12.6 Å². The molecule has 45 heavy (non-hydrogen) atoms. The number of aliphatic hydroxyl groups excluding tert-OH is 1. The zero-order chi connectivity index (χ0) is 33.3. The maximum absolute atomic E-state index is 13.6. The molecule has 0 radical (unpaired) electrons. The zero-order valence-electron chi connectivity index (χ0n) is 26.6. The molecule has 0 spiro atoms. The number of nitrogen functional groups attached to an aromatic ring is 1. The van der Waals surface area contributed by atoms with Crippen LogP contribution < -0.4 is 16.4 Å². The summed E-state index contributed by atoms with van der Waals surface area (Å²) in [5.41, 5.74) is 7.63. The van der Waals surface area contributed by atoms with E-state index in [-0.39, 0.29) is 36.3 Å². The molecule has 3 atom stereocenters. The third-order valence-corrected chi connectivity index (χ3v) is 10.4. The topological polar surface area (TPSA) is 164 Å². The van der Waals surface area contributed by atoms with Gasteiger partial charge < -0.3 is 26.2 Å². The number of sulfonamides is 1. The third-order valence-electron chi connectivity index (χ3n) is 7.16. The number of nitrogens with zero attached hydrogens (tertiary/aromatic N) is 2. The van der Waals surface area contributed by atoms with Gasteiger partial charge >= 0.3 is 6.09 Å². The Morgan fingerprint density at radius 1 is 1.00 bits per heavy atom. The fraction of sp³-hybridized carbons (Fsp3) is 0.469. The number of rotatable bonds is 15. The monoisotopic (exact) mass is 659 g/mol. The molecule has 13 heteroatoms. The van der Waals surface area contributed by atoms with Gasteiger partial charge in [-0.25, -0.2) is 18.2 Å². The van der Waals surface area contributed by atoms with E-state index in [4.69, 9.17) is 10.5 Å². The van der Waals surface area contributed by atoms with Crippen LogP contribution in [0.4, 0.5) is 10.5 Å². The lowest BCUT2D eigenvalue weighted by atomic mass is 9.98. The summed E-state index contributed by atoms with van der Waals surface area (Å²) in [5.74, 6) is -0.594. The first kappa shape index (κ1) is 36.0. The summed E-state index contributed by atoms with van der Waals surface area (Å²) in [4.78, 5) is 30.8. The average Bonchev–Trinajstić information content (AvgIpc) is 3.47. The summed E-state index contributed by atoms with van der Waals surface area (Å²) >= 11 is 1.49. The van der Waals surface area contributed by atoms with Gasteiger partial charge in [0.25, 0.3) is 0 Å². The van der Waals surface area contributed by atoms with Gasteiger partial charge in [-0.3, -0.25) is 4.79 Å². The molecule has 1 aromatic heterocycles. The highest BCUT2D eigenvalue weighted by Gasteiger charge is 2.34. The first-order valence-electron chi connectivity index (χ1n) is 15.0. The van der Waals surface area contributed by atoms with Gasteiger partial charge in [0.15, 0.2) is 0 Å². The predicted molar refractivity (Wildman–Crippen MR) is 176 cm³/mol. The Hall–Kier alpha value is -3.52. The molecule has 0 aliphatic carbocycles. The van der Waals surface area contributed by atoms with Crippen molar-refractivity contribution >= 4 is 39.0 Å². The summed E-state index contributed by atoms with van der Waals surface area (Å²) in [5, 5.41) is 19.8. The van der Waals surface area contributed by atoms with Gasteiger partial charge in [0.05, 0.1) is 27.7 Å². The molecular formula is C32H45N5O6S2. The molecule has 0 unspecified atom stereocenters. The summed E-state index contributed by atoms with van der Waals surface area (Å²) < 4.78 is 33.7. The van der Waals surface area contributed by atoms with Gasteiger partial charge in [-0.15, -0.1) is 11.3 Å². The van der Waals surface area contributed by atoms with Gasteiger partial charge in [-0.2, -0.15) is 4.31 Å². The molecule has 0 fully saturated rings.